The van der Waals surface area contributed by atoms with Crippen molar-refractivity contribution < 1.29 is 0 Å². The maximum atomic E-state index is 6.27. The number of anilines is 1. The van der Waals surface area contributed by atoms with Crippen molar-refractivity contribution in [3.05, 3.63) is 82.1 Å². The molecule has 1 aliphatic heterocycles. The minimum atomic E-state index is 0.0153. The Hall–Kier alpha value is -2.76. The first-order valence-electron chi connectivity index (χ1n) is 9.59. The number of aliphatic imine (C=N–C) groups is 2. The van der Waals surface area contributed by atoms with Crippen LogP contribution in [-0.4, -0.2) is 23.7 Å². The maximum Gasteiger partial charge on any atom is 0.209 e. The van der Waals surface area contributed by atoms with Gasteiger partial charge in [-0.05, 0) is 56.7 Å². The van der Waals surface area contributed by atoms with Crippen LogP contribution in [-0.2, 0) is 0 Å². The molecule has 1 heterocycles. The molecule has 30 heavy (non-hydrogen) atoms. The first-order valence-corrected chi connectivity index (χ1v) is 10.3. The predicted octanol–water partition coefficient (Wildman–Crippen LogP) is 6.52. The van der Waals surface area contributed by atoms with Crippen LogP contribution < -0.4 is 10.6 Å². The fourth-order valence-electron chi connectivity index (χ4n) is 3.25. The second-order valence-electron chi connectivity index (χ2n) is 7.03. The Morgan fingerprint density at radius 1 is 1.17 bits per heavy atom. The zero-order valence-electron chi connectivity index (χ0n) is 17.5. The molecule has 1 aliphatic rings. The van der Waals surface area contributed by atoms with Crippen LogP contribution in [0.3, 0.4) is 0 Å². The van der Waals surface area contributed by atoms with E-state index in [1.165, 1.54) is 0 Å². The van der Waals surface area contributed by atoms with E-state index >= 15 is 0 Å². The second-order valence-corrected chi connectivity index (χ2v) is 7.81. The number of nitrogens with zero attached hydrogens (tertiary/aromatic N) is 3. The molecule has 7 heteroatoms. The summed E-state index contributed by atoms with van der Waals surface area (Å²) in [6, 6.07) is 13.7. The standard InChI is InChI=1S/C23H25Cl2N5/c1-14-13-15(2)30(16(3)18-9-11-19(26-5)12-10-18)23(27-14)29-17(4)28-21-8-6-7-20(24)22(21)25/h6-13,16,26H,2H2,1,3-5H3,(H,27,28,29). The van der Waals surface area contributed by atoms with E-state index in [1.54, 1.807) is 12.1 Å². The van der Waals surface area contributed by atoms with Gasteiger partial charge in [0.15, 0.2) is 0 Å². The zero-order chi connectivity index (χ0) is 21.8. The minimum absolute atomic E-state index is 0.0153. The molecule has 0 amide bonds. The molecule has 0 spiro atoms. The minimum Gasteiger partial charge on any atom is -0.388 e. The van der Waals surface area contributed by atoms with E-state index < -0.39 is 0 Å². The van der Waals surface area contributed by atoms with E-state index in [0.29, 0.717) is 27.5 Å². The number of hydrogen-bond acceptors (Lipinski definition) is 2. The lowest BCUT2D eigenvalue weighted by Gasteiger charge is -2.36. The molecular weight excluding hydrogens is 417 g/mol. The summed E-state index contributed by atoms with van der Waals surface area (Å²) in [6.07, 6.45) is 2.00. The fourth-order valence-corrected chi connectivity index (χ4v) is 3.59. The largest absolute Gasteiger partial charge is 0.388 e. The lowest BCUT2D eigenvalue weighted by molar-refractivity contribution is 0.404. The molecule has 1 atom stereocenters. The van der Waals surface area contributed by atoms with Crippen molar-refractivity contribution in [3.63, 3.8) is 0 Å². The third kappa shape index (κ3) is 4.86. The van der Waals surface area contributed by atoms with Crippen molar-refractivity contribution >= 4 is 46.4 Å². The van der Waals surface area contributed by atoms with Crippen molar-refractivity contribution in [1.82, 2.24) is 10.2 Å². The van der Waals surface area contributed by atoms with Crippen molar-refractivity contribution in [2.24, 2.45) is 9.98 Å². The Balaban J connectivity index is 1.97. The van der Waals surface area contributed by atoms with Crippen LogP contribution in [0.25, 0.3) is 0 Å². The number of hydrogen-bond donors (Lipinski definition) is 2. The van der Waals surface area contributed by atoms with Crippen LogP contribution >= 0.6 is 23.2 Å². The third-order valence-electron chi connectivity index (χ3n) is 4.78. The molecule has 0 fully saturated rings. The number of guanidine groups is 1. The number of amidine groups is 1. The summed E-state index contributed by atoms with van der Waals surface area (Å²) in [7, 11) is 1.90. The van der Waals surface area contributed by atoms with Gasteiger partial charge in [0.05, 0.1) is 21.8 Å². The van der Waals surface area contributed by atoms with Gasteiger partial charge in [0.2, 0.25) is 5.96 Å². The summed E-state index contributed by atoms with van der Waals surface area (Å²) >= 11 is 12.4. The van der Waals surface area contributed by atoms with E-state index in [2.05, 4.69) is 58.3 Å². The van der Waals surface area contributed by atoms with E-state index in [0.717, 1.165) is 22.6 Å². The van der Waals surface area contributed by atoms with Crippen LogP contribution in [0, 0.1) is 0 Å². The second kappa shape index (κ2) is 9.37. The molecule has 2 aromatic carbocycles. The van der Waals surface area contributed by atoms with Gasteiger partial charge in [-0.25, -0.2) is 4.99 Å². The van der Waals surface area contributed by atoms with Crippen LogP contribution in [0.15, 0.2) is 76.5 Å². The third-order valence-corrected chi connectivity index (χ3v) is 5.59. The normalized spacial score (nSPS) is 16.9. The SMILES string of the molecule is C=C1C=C(C)NC(=NC(C)=Nc2cccc(Cl)c2Cl)N1C(C)c1ccc(NC)cc1. The summed E-state index contributed by atoms with van der Waals surface area (Å²) in [5.74, 6) is 1.21. The maximum absolute atomic E-state index is 6.27. The number of benzene rings is 2. The Bertz CT molecular complexity index is 1040. The van der Waals surface area contributed by atoms with Gasteiger partial charge in [0.25, 0.3) is 0 Å². The van der Waals surface area contributed by atoms with Gasteiger partial charge in [-0.15, -0.1) is 0 Å². The smallest absolute Gasteiger partial charge is 0.209 e. The predicted molar refractivity (Wildman–Crippen MR) is 129 cm³/mol. The molecule has 0 saturated carbocycles. The molecule has 5 nitrogen and oxygen atoms in total. The van der Waals surface area contributed by atoms with Crippen LogP contribution in [0.1, 0.15) is 32.4 Å². The molecule has 0 radical (unpaired) electrons. The van der Waals surface area contributed by atoms with Crippen molar-refractivity contribution in [3.8, 4) is 0 Å². The van der Waals surface area contributed by atoms with Gasteiger partial charge in [-0.1, -0.05) is 48.0 Å². The average Bonchev–Trinajstić information content (AvgIpc) is 2.70. The molecule has 0 aromatic heterocycles. The molecule has 0 bridgehead atoms. The molecule has 156 valence electrons. The Labute approximate surface area is 187 Å². The van der Waals surface area contributed by atoms with Gasteiger partial charge in [0, 0.05) is 24.1 Å². The van der Waals surface area contributed by atoms with Crippen LogP contribution in [0.4, 0.5) is 11.4 Å². The fraction of sp³-hybridized carbons (Fsp3) is 0.217. The van der Waals surface area contributed by atoms with Gasteiger partial charge < -0.3 is 15.5 Å². The van der Waals surface area contributed by atoms with Gasteiger partial charge >= 0.3 is 0 Å². The molecular formula is C23H25Cl2N5. The van der Waals surface area contributed by atoms with Gasteiger partial charge in [-0.3, -0.25) is 0 Å². The van der Waals surface area contributed by atoms with Gasteiger partial charge in [-0.2, -0.15) is 4.99 Å². The Kier molecular flexibility index (Phi) is 6.85. The van der Waals surface area contributed by atoms with E-state index in [4.69, 9.17) is 28.2 Å². The highest BCUT2D eigenvalue weighted by Gasteiger charge is 2.25. The highest BCUT2D eigenvalue weighted by molar-refractivity contribution is 6.43. The van der Waals surface area contributed by atoms with Crippen molar-refractivity contribution in [2.75, 3.05) is 12.4 Å². The first kappa shape index (κ1) is 21.9. The number of nitrogens with one attached hydrogen (secondary N) is 2. The molecule has 1 unspecified atom stereocenters. The summed E-state index contributed by atoms with van der Waals surface area (Å²) in [5.41, 5.74) is 4.60. The molecule has 2 N–H and O–H groups in total. The number of allylic oxidation sites excluding steroid dienone is 2. The highest BCUT2D eigenvalue weighted by atomic mass is 35.5. The number of halogens is 2. The van der Waals surface area contributed by atoms with Crippen molar-refractivity contribution in [1.29, 1.82) is 0 Å². The molecule has 3 rings (SSSR count). The summed E-state index contributed by atoms with van der Waals surface area (Å²) in [6.45, 7) is 10.2. The first-order chi connectivity index (χ1) is 14.3. The summed E-state index contributed by atoms with van der Waals surface area (Å²) in [4.78, 5) is 11.3. The van der Waals surface area contributed by atoms with E-state index in [9.17, 15) is 0 Å². The monoisotopic (exact) mass is 441 g/mol. The molecule has 0 aliphatic carbocycles. The average molecular weight is 442 g/mol. The topological polar surface area (TPSA) is 52.0 Å². The molecule has 0 saturated heterocycles. The van der Waals surface area contributed by atoms with Crippen LogP contribution in [0.2, 0.25) is 10.0 Å². The Morgan fingerprint density at radius 3 is 2.53 bits per heavy atom. The molecule has 2 aromatic rings. The highest BCUT2D eigenvalue weighted by Crippen LogP contribution is 2.32. The van der Waals surface area contributed by atoms with E-state index in [1.807, 2.05) is 33.0 Å². The Morgan fingerprint density at radius 2 is 1.87 bits per heavy atom. The lowest BCUT2D eigenvalue weighted by atomic mass is 10.1. The van der Waals surface area contributed by atoms with Crippen LogP contribution in [0.5, 0.6) is 0 Å². The zero-order valence-corrected chi connectivity index (χ0v) is 19.0. The summed E-state index contributed by atoms with van der Waals surface area (Å²) in [5, 5.41) is 7.35. The van der Waals surface area contributed by atoms with E-state index in [-0.39, 0.29) is 6.04 Å². The number of rotatable bonds is 4. The van der Waals surface area contributed by atoms with Crippen molar-refractivity contribution in [2.45, 2.75) is 26.8 Å². The lowest BCUT2D eigenvalue weighted by Crippen LogP contribution is -2.44. The summed E-state index contributed by atoms with van der Waals surface area (Å²) < 4.78 is 0. The van der Waals surface area contributed by atoms with Gasteiger partial charge in [0.1, 0.15) is 5.84 Å². The quantitative estimate of drug-likeness (QED) is 0.418.